The maximum Gasteiger partial charge on any atom is 0.408 e. The van der Waals surface area contributed by atoms with Gasteiger partial charge in [-0.15, -0.1) is 0 Å². The van der Waals surface area contributed by atoms with Crippen LogP contribution in [0.5, 0.6) is 0 Å². The summed E-state index contributed by atoms with van der Waals surface area (Å²) in [7, 11) is 0. The maximum absolute atomic E-state index is 11.6. The Morgan fingerprint density at radius 3 is 2.54 bits per heavy atom. The molecule has 0 aliphatic carbocycles. The summed E-state index contributed by atoms with van der Waals surface area (Å²) in [5.74, 6) is 5.93. The largest absolute Gasteiger partial charge is 0.445 e. The van der Waals surface area contributed by atoms with E-state index in [1.165, 1.54) is 0 Å². The molecule has 2 aromatic rings. The van der Waals surface area contributed by atoms with Crippen LogP contribution in [0.3, 0.4) is 0 Å². The molecule has 0 bridgehead atoms. The Morgan fingerprint density at radius 2 is 1.79 bits per heavy atom. The number of alkyl carbamates (subject to hydrolysis) is 1. The van der Waals surface area contributed by atoms with Crippen LogP contribution in [0.4, 0.5) is 4.79 Å². The number of nitrogens with one attached hydrogen (secondary N) is 1. The molecule has 0 atom stereocenters. The molecule has 0 aliphatic heterocycles. The van der Waals surface area contributed by atoms with E-state index in [1.807, 2.05) is 54.6 Å². The molecule has 0 aliphatic rings. The zero-order chi connectivity index (χ0) is 17.2. The van der Waals surface area contributed by atoms with Gasteiger partial charge in [0.05, 0.1) is 6.54 Å². The molecule has 0 saturated heterocycles. The van der Waals surface area contributed by atoms with E-state index in [4.69, 9.17) is 4.74 Å². The lowest BCUT2D eigenvalue weighted by Crippen LogP contribution is -2.24. The minimum atomic E-state index is -0.501. The van der Waals surface area contributed by atoms with Crippen LogP contribution < -0.4 is 5.32 Å². The van der Waals surface area contributed by atoms with Gasteiger partial charge in [-0.2, -0.15) is 0 Å². The van der Waals surface area contributed by atoms with E-state index < -0.39 is 6.09 Å². The SMILES string of the molecule is CC(=O)Cc1cccc(C#CCNC(=O)OCc2ccccc2)c1. The van der Waals surface area contributed by atoms with Crippen LogP contribution >= 0.6 is 0 Å². The summed E-state index contributed by atoms with van der Waals surface area (Å²) in [5.41, 5.74) is 2.68. The van der Waals surface area contributed by atoms with E-state index in [2.05, 4.69) is 17.2 Å². The van der Waals surface area contributed by atoms with E-state index in [9.17, 15) is 9.59 Å². The summed E-state index contributed by atoms with van der Waals surface area (Å²) in [6.45, 7) is 1.99. The predicted molar refractivity (Wildman–Crippen MR) is 92.3 cm³/mol. The standard InChI is InChI=1S/C20H19NO3/c1-16(22)13-19-10-5-9-17(14-19)11-6-12-21-20(23)24-15-18-7-3-2-4-8-18/h2-5,7-10,14H,12-13,15H2,1H3,(H,21,23). The molecule has 0 spiro atoms. The minimum absolute atomic E-state index is 0.114. The molecule has 1 N–H and O–H groups in total. The van der Waals surface area contributed by atoms with Crippen LogP contribution in [-0.4, -0.2) is 18.4 Å². The number of Topliss-reactive ketones (excluding diaryl/α,β-unsaturated/α-hetero) is 1. The molecule has 0 unspecified atom stereocenters. The van der Waals surface area contributed by atoms with Crippen LogP contribution in [0.15, 0.2) is 54.6 Å². The number of rotatable bonds is 5. The quantitative estimate of drug-likeness (QED) is 0.861. The van der Waals surface area contributed by atoms with Crippen molar-refractivity contribution in [2.24, 2.45) is 0 Å². The summed E-state index contributed by atoms with van der Waals surface area (Å²) >= 11 is 0. The molecule has 24 heavy (non-hydrogen) atoms. The number of benzene rings is 2. The zero-order valence-electron chi connectivity index (χ0n) is 13.5. The van der Waals surface area contributed by atoms with E-state index >= 15 is 0 Å². The molecule has 0 aromatic heterocycles. The Labute approximate surface area is 141 Å². The second-order valence-corrected chi connectivity index (χ2v) is 5.30. The van der Waals surface area contributed by atoms with Crippen molar-refractivity contribution in [3.63, 3.8) is 0 Å². The van der Waals surface area contributed by atoms with Gasteiger partial charge in [-0.25, -0.2) is 4.79 Å². The number of carbonyl (C=O) groups is 2. The lowest BCUT2D eigenvalue weighted by Gasteiger charge is -2.04. The fraction of sp³-hybridized carbons (Fsp3) is 0.200. The summed E-state index contributed by atoms with van der Waals surface area (Å²) in [6.07, 6.45) is -0.0990. The van der Waals surface area contributed by atoms with Crippen molar-refractivity contribution in [2.45, 2.75) is 20.0 Å². The zero-order valence-corrected chi connectivity index (χ0v) is 13.5. The molecule has 0 saturated carbocycles. The van der Waals surface area contributed by atoms with Crippen molar-refractivity contribution in [1.82, 2.24) is 5.32 Å². The number of amides is 1. The molecule has 1 amide bonds. The number of hydrogen-bond donors (Lipinski definition) is 1. The van der Waals surface area contributed by atoms with Gasteiger partial charge in [-0.3, -0.25) is 4.79 Å². The Kier molecular flexibility index (Phi) is 6.60. The summed E-state index contributed by atoms with van der Waals surface area (Å²) in [5, 5.41) is 2.58. The first-order chi connectivity index (χ1) is 11.6. The molecular formula is C20H19NO3. The number of hydrogen-bond acceptors (Lipinski definition) is 3. The molecule has 0 heterocycles. The molecule has 4 nitrogen and oxygen atoms in total. The predicted octanol–water partition coefficient (Wildman–Crippen LogP) is 3.10. The average molecular weight is 321 g/mol. The molecule has 122 valence electrons. The van der Waals surface area contributed by atoms with Crippen LogP contribution in [0, 0.1) is 11.8 Å². The van der Waals surface area contributed by atoms with Gasteiger partial charge in [-0.1, -0.05) is 54.3 Å². The van der Waals surface area contributed by atoms with Gasteiger partial charge in [-0.05, 0) is 30.2 Å². The van der Waals surface area contributed by atoms with E-state index in [0.29, 0.717) is 6.42 Å². The first-order valence-electron chi connectivity index (χ1n) is 7.65. The highest BCUT2D eigenvalue weighted by atomic mass is 16.5. The average Bonchev–Trinajstić information content (AvgIpc) is 2.58. The Morgan fingerprint density at radius 1 is 1.04 bits per heavy atom. The van der Waals surface area contributed by atoms with Crippen molar-refractivity contribution in [2.75, 3.05) is 6.54 Å². The van der Waals surface area contributed by atoms with Gasteiger partial charge in [0.1, 0.15) is 12.4 Å². The second-order valence-electron chi connectivity index (χ2n) is 5.30. The first-order valence-corrected chi connectivity index (χ1v) is 7.65. The van der Waals surface area contributed by atoms with E-state index in [1.54, 1.807) is 6.92 Å². The summed E-state index contributed by atoms with van der Waals surface area (Å²) in [4.78, 5) is 22.7. The Hall–Kier alpha value is -3.06. The maximum atomic E-state index is 11.6. The topological polar surface area (TPSA) is 55.4 Å². The molecule has 2 rings (SSSR count). The highest BCUT2D eigenvalue weighted by Gasteiger charge is 2.00. The van der Waals surface area contributed by atoms with Crippen molar-refractivity contribution in [3.05, 3.63) is 71.3 Å². The van der Waals surface area contributed by atoms with Gasteiger partial charge < -0.3 is 10.1 Å². The van der Waals surface area contributed by atoms with Gasteiger partial charge >= 0.3 is 6.09 Å². The van der Waals surface area contributed by atoms with Gasteiger partial charge in [0.2, 0.25) is 0 Å². The minimum Gasteiger partial charge on any atom is -0.445 e. The fourth-order valence-electron chi connectivity index (χ4n) is 2.08. The normalized spacial score (nSPS) is 9.54. The van der Waals surface area contributed by atoms with Crippen LogP contribution in [-0.2, 0) is 22.6 Å². The summed E-state index contributed by atoms with van der Waals surface area (Å²) in [6, 6.07) is 17.0. The van der Waals surface area contributed by atoms with Crippen LogP contribution in [0.1, 0.15) is 23.6 Å². The number of ketones is 1. The second kappa shape index (κ2) is 9.16. The fourth-order valence-corrected chi connectivity index (χ4v) is 2.08. The molecule has 0 radical (unpaired) electrons. The van der Waals surface area contributed by atoms with Gasteiger partial charge in [0, 0.05) is 12.0 Å². The van der Waals surface area contributed by atoms with Crippen molar-refractivity contribution >= 4 is 11.9 Å². The molecule has 2 aromatic carbocycles. The smallest absolute Gasteiger partial charge is 0.408 e. The molecular weight excluding hydrogens is 302 g/mol. The number of ether oxygens (including phenoxy) is 1. The van der Waals surface area contributed by atoms with E-state index in [0.717, 1.165) is 16.7 Å². The van der Waals surface area contributed by atoms with E-state index in [-0.39, 0.29) is 18.9 Å². The summed E-state index contributed by atoms with van der Waals surface area (Å²) < 4.78 is 5.09. The van der Waals surface area contributed by atoms with Crippen LogP contribution in [0.25, 0.3) is 0 Å². The highest BCUT2D eigenvalue weighted by Crippen LogP contribution is 2.05. The van der Waals surface area contributed by atoms with Gasteiger partial charge in [0.25, 0.3) is 0 Å². The number of carbonyl (C=O) groups excluding carboxylic acids is 2. The van der Waals surface area contributed by atoms with Crippen LogP contribution in [0.2, 0.25) is 0 Å². The van der Waals surface area contributed by atoms with Crippen molar-refractivity contribution < 1.29 is 14.3 Å². The third kappa shape index (κ3) is 6.37. The van der Waals surface area contributed by atoms with Crippen molar-refractivity contribution in [1.29, 1.82) is 0 Å². The lowest BCUT2D eigenvalue weighted by molar-refractivity contribution is -0.116. The third-order valence-electron chi connectivity index (χ3n) is 3.15. The molecule has 4 heteroatoms. The monoisotopic (exact) mass is 321 g/mol. The highest BCUT2D eigenvalue weighted by molar-refractivity contribution is 5.78. The Bertz CT molecular complexity index is 757. The Balaban J connectivity index is 1.77. The van der Waals surface area contributed by atoms with Gasteiger partial charge in [0.15, 0.2) is 0 Å². The van der Waals surface area contributed by atoms with Crippen molar-refractivity contribution in [3.8, 4) is 11.8 Å². The lowest BCUT2D eigenvalue weighted by atomic mass is 10.1. The third-order valence-corrected chi connectivity index (χ3v) is 3.15. The first kappa shape index (κ1) is 17.3. The molecule has 0 fully saturated rings.